The zero-order valence-corrected chi connectivity index (χ0v) is 13.6. The first-order chi connectivity index (χ1) is 10.1. The number of hydrogen-bond acceptors (Lipinski definition) is 3. The molecular formula is C18H28O3. The number of carbonyl (C=O) groups excluding carboxylic acids is 1. The Balaban J connectivity index is 2.34. The van der Waals surface area contributed by atoms with Crippen LogP contribution in [0.25, 0.3) is 0 Å². The van der Waals surface area contributed by atoms with E-state index in [2.05, 4.69) is 20.8 Å². The van der Waals surface area contributed by atoms with Crippen molar-refractivity contribution in [2.75, 3.05) is 19.8 Å². The average molecular weight is 292 g/mol. The topological polar surface area (TPSA) is 35.5 Å². The normalized spacial score (nSPS) is 10.9. The molecule has 0 aromatic heterocycles. The Morgan fingerprint density at radius 2 is 1.90 bits per heavy atom. The van der Waals surface area contributed by atoms with Crippen LogP contribution in [0.3, 0.4) is 0 Å². The maximum Gasteiger partial charge on any atom is 0.338 e. The Labute approximate surface area is 128 Å². The molecule has 21 heavy (non-hydrogen) atoms. The second-order valence-corrected chi connectivity index (χ2v) is 5.69. The molecule has 0 aliphatic rings. The maximum atomic E-state index is 12.1. The molecule has 1 aromatic carbocycles. The lowest BCUT2D eigenvalue weighted by molar-refractivity contribution is 0.0302. The minimum atomic E-state index is -0.242. The summed E-state index contributed by atoms with van der Waals surface area (Å²) in [5.74, 6) is 0.396. The number of rotatable bonds is 10. The largest absolute Gasteiger partial charge is 0.460 e. The summed E-state index contributed by atoms with van der Waals surface area (Å²) in [6.45, 7) is 7.99. The summed E-state index contributed by atoms with van der Waals surface area (Å²) in [5, 5.41) is 0. The van der Waals surface area contributed by atoms with Crippen molar-refractivity contribution in [1.82, 2.24) is 0 Å². The van der Waals surface area contributed by atoms with Gasteiger partial charge in [0.25, 0.3) is 0 Å². The second kappa shape index (κ2) is 10.4. The van der Waals surface area contributed by atoms with Crippen molar-refractivity contribution in [2.45, 2.75) is 46.5 Å². The monoisotopic (exact) mass is 292 g/mol. The molecule has 3 heteroatoms. The van der Waals surface area contributed by atoms with Crippen LogP contribution in [-0.4, -0.2) is 25.8 Å². The predicted molar refractivity (Wildman–Crippen MR) is 85.6 cm³/mol. The minimum Gasteiger partial charge on any atom is -0.460 e. The van der Waals surface area contributed by atoms with Gasteiger partial charge in [-0.25, -0.2) is 4.79 Å². The average Bonchev–Trinajstić information content (AvgIpc) is 2.48. The molecule has 0 atom stereocenters. The van der Waals surface area contributed by atoms with Crippen LogP contribution in [0.1, 0.15) is 56.0 Å². The van der Waals surface area contributed by atoms with Crippen LogP contribution in [-0.2, 0) is 15.9 Å². The molecule has 0 fully saturated rings. The molecule has 0 saturated carbocycles. The van der Waals surface area contributed by atoms with Gasteiger partial charge in [0, 0.05) is 6.61 Å². The van der Waals surface area contributed by atoms with Gasteiger partial charge in [-0.1, -0.05) is 45.4 Å². The molecule has 0 saturated heterocycles. The zero-order valence-electron chi connectivity index (χ0n) is 13.6. The van der Waals surface area contributed by atoms with Crippen molar-refractivity contribution in [1.29, 1.82) is 0 Å². The molecule has 0 aliphatic carbocycles. The lowest BCUT2D eigenvalue weighted by Crippen LogP contribution is -2.13. The Morgan fingerprint density at radius 1 is 1.14 bits per heavy atom. The number of benzene rings is 1. The number of hydrogen-bond donors (Lipinski definition) is 0. The Morgan fingerprint density at radius 3 is 2.62 bits per heavy atom. The van der Waals surface area contributed by atoms with Crippen LogP contribution in [0, 0.1) is 5.92 Å². The van der Waals surface area contributed by atoms with Crippen molar-refractivity contribution in [3.8, 4) is 0 Å². The summed E-state index contributed by atoms with van der Waals surface area (Å²) < 4.78 is 10.7. The van der Waals surface area contributed by atoms with Gasteiger partial charge in [0.15, 0.2) is 0 Å². The summed E-state index contributed by atoms with van der Waals surface area (Å²) in [5.41, 5.74) is 1.76. The molecule has 0 bridgehead atoms. The Kier molecular flexibility index (Phi) is 8.76. The molecule has 1 rings (SSSR count). The fraction of sp³-hybridized carbons (Fsp3) is 0.611. The zero-order chi connectivity index (χ0) is 15.5. The van der Waals surface area contributed by atoms with Gasteiger partial charge in [-0.15, -0.1) is 0 Å². The van der Waals surface area contributed by atoms with Crippen molar-refractivity contribution >= 4 is 5.97 Å². The summed E-state index contributed by atoms with van der Waals surface area (Å²) in [7, 11) is 0. The van der Waals surface area contributed by atoms with Crippen molar-refractivity contribution in [3.05, 3.63) is 35.4 Å². The molecule has 1 aromatic rings. The molecule has 0 N–H and O–H groups in total. The van der Waals surface area contributed by atoms with Gasteiger partial charge in [-0.3, -0.25) is 0 Å². The summed E-state index contributed by atoms with van der Waals surface area (Å²) in [6, 6.07) is 7.69. The number of aryl methyl sites for hydroxylation is 1. The molecule has 3 nitrogen and oxygen atoms in total. The quantitative estimate of drug-likeness (QED) is 0.478. The van der Waals surface area contributed by atoms with E-state index in [0.717, 1.165) is 37.9 Å². The highest BCUT2D eigenvalue weighted by atomic mass is 16.6. The number of carbonyl (C=O) groups is 1. The van der Waals surface area contributed by atoms with Crippen LogP contribution < -0.4 is 0 Å². The van der Waals surface area contributed by atoms with Gasteiger partial charge in [0.1, 0.15) is 6.61 Å². The van der Waals surface area contributed by atoms with Crippen LogP contribution in [0.2, 0.25) is 0 Å². The van der Waals surface area contributed by atoms with Crippen LogP contribution in [0.5, 0.6) is 0 Å². The summed E-state index contributed by atoms with van der Waals surface area (Å²) >= 11 is 0. The van der Waals surface area contributed by atoms with Gasteiger partial charge in [0.05, 0.1) is 12.2 Å². The molecule has 118 valence electrons. The number of ether oxygens (including phenoxy) is 2. The Hall–Kier alpha value is -1.35. The number of unbranched alkanes of at least 4 members (excludes halogenated alkanes) is 1. The number of esters is 1. The molecule has 0 unspecified atom stereocenters. The van der Waals surface area contributed by atoms with E-state index in [1.54, 1.807) is 0 Å². The molecule has 0 amide bonds. The van der Waals surface area contributed by atoms with Crippen molar-refractivity contribution < 1.29 is 14.3 Å². The van der Waals surface area contributed by atoms with Crippen LogP contribution in [0.15, 0.2) is 24.3 Å². The highest BCUT2D eigenvalue weighted by Crippen LogP contribution is 2.13. The molecule has 0 aliphatic heterocycles. The van der Waals surface area contributed by atoms with E-state index < -0.39 is 0 Å². The minimum absolute atomic E-state index is 0.242. The maximum absolute atomic E-state index is 12.1. The van der Waals surface area contributed by atoms with Gasteiger partial charge >= 0.3 is 5.97 Å². The van der Waals surface area contributed by atoms with E-state index in [0.29, 0.717) is 24.7 Å². The fourth-order valence-corrected chi connectivity index (χ4v) is 2.00. The lowest BCUT2D eigenvalue weighted by Gasteiger charge is -2.10. The first-order valence-corrected chi connectivity index (χ1v) is 7.98. The SMILES string of the molecule is CCCCc1ccccc1C(=O)OCCOCCC(C)C. The van der Waals surface area contributed by atoms with Crippen LogP contribution >= 0.6 is 0 Å². The van der Waals surface area contributed by atoms with Gasteiger partial charge in [-0.2, -0.15) is 0 Å². The van der Waals surface area contributed by atoms with E-state index in [9.17, 15) is 4.79 Å². The van der Waals surface area contributed by atoms with Crippen molar-refractivity contribution in [3.63, 3.8) is 0 Å². The van der Waals surface area contributed by atoms with E-state index in [1.165, 1.54) is 0 Å². The highest BCUT2D eigenvalue weighted by molar-refractivity contribution is 5.91. The first kappa shape index (κ1) is 17.7. The summed E-state index contributed by atoms with van der Waals surface area (Å²) in [4.78, 5) is 12.1. The van der Waals surface area contributed by atoms with Gasteiger partial charge in [0.2, 0.25) is 0 Å². The molecule has 0 heterocycles. The fourth-order valence-electron chi connectivity index (χ4n) is 2.00. The highest BCUT2D eigenvalue weighted by Gasteiger charge is 2.11. The third kappa shape index (κ3) is 7.28. The van der Waals surface area contributed by atoms with E-state index >= 15 is 0 Å². The molecule has 0 spiro atoms. The van der Waals surface area contributed by atoms with E-state index in [4.69, 9.17) is 9.47 Å². The van der Waals surface area contributed by atoms with Crippen LogP contribution in [0.4, 0.5) is 0 Å². The summed E-state index contributed by atoms with van der Waals surface area (Å²) in [6.07, 6.45) is 4.16. The van der Waals surface area contributed by atoms with E-state index in [-0.39, 0.29) is 5.97 Å². The standard InChI is InChI=1S/C18H28O3/c1-4-5-8-16-9-6-7-10-17(16)18(19)21-14-13-20-12-11-15(2)3/h6-7,9-10,15H,4-5,8,11-14H2,1-3H3. The predicted octanol–water partition coefficient (Wildman–Crippen LogP) is 4.25. The third-order valence-electron chi connectivity index (χ3n) is 3.34. The Bertz CT molecular complexity index is 413. The first-order valence-electron chi connectivity index (χ1n) is 7.98. The lowest BCUT2D eigenvalue weighted by atomic mass is 10.0. The smallest absolute Gasteiger partial charge is 0.338 e. The van der Waals surface area contributed by atoms with E-state index in [1.807, 2.05) is 24.3 Å². The second-order valence-electron chi connectivity index (χ2n) is 5.69. The molecule has 0 radical (unpaired) electrons. The van der Waals surface area contributed by atoms with Gasteiger partial charge < -0.3 is 9.47 Å². The van der Waals surface area contributed by atoms with Crippen molar-refractivity contribution in [2.24, 2.45) is 5.92 Å². The van der Waals surface area contributed by atoms with Gasteiger partial charge in [-0.05, 0) is 36.8 Å². The third-order valence-corrected chi connectivity index (χ3v) is 3.34. The molecular weight excluding hydrogens is 264 g/mol.